The lowest BCUT2D eigenvalue weighted by Gasteiger charge is -2.19. The van der Waals surface area contributed by atoms with Gasteiger partial charge in [-0.2, -0.15) is 5.10 Å². The van der Waals surface area contributed by atoms with Crippen LogP contribution in [0, 0.1) is 0 Å². The van der Waals surface area contributed by atoms with E-state index in [2.05, 4.69) is 15.4 Å². The molecule has 2 heterocycles. The van der Waals surface area contributed by atoms with Crippen molar-refractivity contribution in [3.63, 3.8) is 0 Å². The molecule has 0 saturated heterocycles. The monoisotopic (exact) mass is 362 g/mol. The van der Waals surface area contributed by atoms with E-state index in [0.717, 1.165) is 11.1 Å². The van der Waals surface area contributed by atoms with Gasteiger partial charge in [0.25, 0.3) is 5.91 Å². The molecular weight excluding hydrogens is 348 g/mol. The summed E-state index contributed by atoms with van der Waals surface area (Å²) >= 11 is 6.01. The van der Waals surface area contributed by atoms with E-state index < -0.39 is 0 Å². The maximum atomic E-state index is 12.9. The van der Waals surface area contributed by atoms with Gasteiger partial charge in [0.05, 0.1) is 12.2 Å². The summed E-state index contributed by atoms with van der Waals surface area (Å²) in [6, 6.07) is 18.7. The van der Waals surface area contributed by atoms with Gasteiger partial charge in [-0.25, -0.2) is 9.50 Å². The van der Waals surface area contributed by atoms with Crippen molar-refractivity contribution in [3.8, 4) is 0 Å². The molecule has 0 fully saturated rings. The predicted molar refractivity (Wildman–Crippen MR) is 100 cm³/mol. The molecule has 0 aliphatic rings. The molecule has 2 aromatic carbocycles. The van der Waals surface area contributed by atoms with Crippen molar-refractivity contribution in [1.82, 2.24) is 19.9 Å². The highest BCUT2D eigenvalue weighted by molar-refractivity contribution is 6.30. The summed E-state index contributed by atoms with van der Waals surface area (Å²) in [6.07, 6.45) is 4.93. The molecule has 2 aromatic heterocycles. The fourth-order valence-electron chi connectivity index (χ4n) is 2.86. The smallest absolute Gasteiger partial charge is 0.257 e. The van der Waals surface area contributed by atoms with Crippen LogP contribution in [-0.2, 0) is 0 Å². The first kappa shape index (κ1) is 16.3. The summed E-state index contributed by atoms with van der Waals surface area (Å²) in [5.41, 5.74) is 2.87. The van der Waals surface area contributed by atoms with Crippen molar-refractivity contribution >= 4 is 23.2 Å². The largest absolute Gasteiger partial charge is 0.341 e. The molecule has 0 spiro atoms. The van der Waals surface area contributed by atoms with Crippen molar-refractivity contribution in [3.05, 3.63) is 101 Å². The van der Waals surface area contributed by atoms with Crippen molar-refractivity contribution in [2.45, 2.75) is 6.04 Å². The number of amides is 1. The molecule has 4 aromatic rings. The van der Waals surface area contributed by atoms with Gasteiger partial charge in [-0.05, 0) is 29.3 Å². The molecule has 1 atom stereocenters. The Bertz CT molecular complexity index is 1040. The van der Waals surface area contributed by atoms with Crippen LogP contribution in [0.3, 0.4) is 0 Å². The first-order valence-electron chi connectivity index (χ1n) is 8.12. The summed E-state index contributed by atoms with van der Waals surface area (Å²) in [5.74, 6) is -0.234. The Morgan fingerprint density at radius 2 is 1.73 bits per heavy atom. The van der Waals surface area contributed by atoms with Gasteiger partial charge >= 0.3 is 0 Å². The summed E-state index contributed by atoms with van der Waals surface area (Å²) in [6.45, 7) is 0. The molecule has 0 bridgehead atoms. The van der Waals surface area contributed by atoms with E-state index >= 15 is 0 Å². The van der Waals surface area contributed by atoms with Crippen molar-refractivity contribution in [2.75, 3.05) is 0 Å². The minimum Gasteiger partial charge on any atom is -0.341 e. The Kier molecular flexibility index (Phi) is 4.37. The van der Waals surface area contributed by atoms with Crippen LogP contribution < -0.4 is 5.32 Å². The predicted octanol–water partition coefficient (Wildman–Crippen LogP) is 3.90. The molecular formula is C20H15ClN4O. The third-order valence-electron chi connectivity index (χ3n) is 4.14. The minimum absolute atomic E-state index is 0.234. The van der Waals surface area contributed by atoms with E-state index in [1.807, 2.05) is 54.6 Å². The van der Waals surface area contributed by atoms with Gasteiger partial charge in [-0.15, -0.1) is 0 Å². The maximum Gasteiger partial charge on any atom is 0.257 e. The Labute approximate surface area is 155 Å². The molecule has 0 saturated carbocycles. The maximum absolute atomic E-state index is 12.9. The molecule has 0 aliphatic heterocycles. The second kappa shape index (κ2) is 6.98. The van der Waals surface area contributed by atoms with E-state index in [0.29, 0.717) is 16.2 Å². The number of benzene rings is 2. The highest BCUT2D eigenvalue weighted by Gasteiger charge is 2.20. The number of carbonyl (C=O) groups is 1. The first-order chi connectivity index (χ1) is 12.7. The molecule has 1 amide bonds. The lowest BCUT2D eigenvalue weighted by molar-refractivity contribution is 0.0944. The molecule has 26 heavy (non-hydrogen) atoms. The normalized spacial score (nSPS) is 12.0. The topological polar surface area (TPSA) is 59.3 Å². The van der Waals surface area contributed by atoms with Gasteiger partial charge in [-0.3, -0.25) is 4.79 Å². The van der Waals surface area contributed by atoms with E-state index in [-0.39, 0.29) is 11.9 Å². The number of halogens is 1. The average Bonchev–Trinajstić information content (AvgIpc) is 3.12. The quantitative estimate of drug-likeness (QED) is 0.599. The van der Waals surface area contributed by atoms with Crippen LogP contribution in [0.5, 0.6) is 0 Å². The van der Waals surface area contributed by atoms with Gasteiger partial charge in [0.2, 0.25) is 0 Å². The molecule has 5 nitrogen and oxygen atoms in total. The van der Waals surface area contributed by atoms with Gasteiger partial charge in [0.1, 0.15) is 5.56 Å². The number of carbonyl (C=O) groups excluding carboxylic acids is 1. The third kappa shape index (κ3) is 3.17. The van der Waals surface area contributed by atoms with E-state index in [4.69, 9.17) is 11.6 Å². The fourth-order valence-corrected chi connectivity index (χ4v) is 2.98. The molecule has 0 aliphatic carbocycles. The zero-order valence-corrected chi connectivity index (χ0v) is 14.5. The fraction of sp³-hybridized carbons (Fsp3) is 0.0500. The van der Waals surface area contributed by atoms with Crippen molar-refractivity contribution in [2.24, 2.45) is 0 Å². The highest BCUT2D eigenvalue weighted by atomic mass is 35.5. The zero-order chi connectivity index (χ0) is 17.9. The van der Waals surface area contributed by atoms with Gasteiger partial charge in [0.15, 0.2) is 5.65 Å². The number of nitrogens with zero attached hydrogens (tertiary/aromatic N) is 3. The Morgan fingerprint density at radius 1 is 1.00 bits per heavy atom. The van der Waals surface area contributed by atoms with Crippen molar-refractivity contribution in [1.29, 1.82) is 0 Å². The first-order valence-corrected chi connectivity index (χ1v) is 8.50. The van der Waals surface area contributed by atoms with Gasteiger partial charge in [-0.1, -0.05) is 54.1 Å². The second-order valence-corrected chi connectivity index (χ2v) is 6.25. The summed E-state index contributed by atoms with van der Waals surface area (Å²) < 4.78 is 1.58. The molecule has 4 rings (SSSR count). The standard InChI is InChI=1S/C20H15ClN4O/c21-16-9-7-15(8-10-16)18(14-5-2-1-3-6-14)24-20(26)17-13-23-25-12-4-11-22-19(17)25/h1-13,18H,(H,24,26)/t18-/m0/s1. The number of fused-ring (bicyclic) bond motifs is 1. The van der Waals surface area contributed by atoms with Crippen LogP contribution in [0.15, 0.2) is 79.3 Å². The van der Waals surface area contributed by atoms with Crippen LogP contribution >= 0.6 is 11.6 Å². The Morgan fingerprint density at radius 3 is 2.50 bits per heavy atom. The van der Waals surface area contributed by atoms with E-state index in [1.165, 1.54) is 6.20 Å². The Hall–Kier alpha value is -3.18. The van der Waals surface area contributed by atoms with Crippen LogP contribution in [0.1, 0.15) is 27.5 Å². The SMILES string of the molecule is O=C(N[C@@H](c1ccccc1)c1ccc(Cl)cc1)c1cnn2cccnc12. The number of hydrogen-bond acceptors (Lipinski definition) is 3. The highest BCUT2D eigenvalue weighted by Crippen LogP contribution is 2.24. The van der Waals surface area contributed by atoms with Crippen LogP contribution in [-0.4, -0.2) is 20.5 Å². The van der Waals surface area contributed by atoms with Crippen LogP contribution in [0.2, 0.25) is 5.02 Å². The minimum atomic E-state index is -0.306. The summed E-state index contributed by atoms with van der Waals surface area (Å²) in [7, 11) is 0. The number of rotatable bonds is 4. The van der Waals surface area contributed by atoms with Crippen molar-refractivity contribution < 1.29 is 4.79 Å². The lowest BCUT2D eigenvalue weighted by Crippen LogP contribution is -2.29. The van der Waals surface area contributed by atoms with E-state index in [1.54, 1.807) is 23.0 Å². The molecule has 128 valence electrons. The lowest BCUT2D eigenvalue weighted by atomic mass is 9.98. The summed E-state index contributed by atoms with van der Waals surface area (Å²) in [5, 5.41) is 7.92. The summed E-state index contributed by atoms with van der Waals surface area (Å²) in [4.78, 5) is 17.2. The molecule has 1 N–H and O–H groups in total. The number of hydrogen-bond donors (Lipinski definition) is 1. The second-order valence-electron chi connectivity index (χ2n) is 5.81. The molecule has 0 radical (unpaired) electrons. The molecule has 0 unspecified atom stereocenters. The van der Waals surface area contributed by atoms with E-state index in [9.17, 15) is 4.79 Å². The molecule has 6 heteroatoms. The van der Waals surface area contributed by atoms with Gasteiger partial charge in [0, 0.05) is 17.4 Å². The van der Waals surface area contributed by atoms with Crippen LogP contribution in [0.25, 0.3) is 5.65 Å². The average molecular weight is 363 g/mol. The number of nitrogens with one attached hydrogen (secondary N) is 1. The van der Waals surface area contributed by atoms with Crippen LogP contribution in [0.4, 0.5) is 0 Å². The van der Waals surface area contributed by atoms with Gasteiger partial charge < -0.3 is 5.32 Å². The Balaban J connectivity index is 1.70. The zero-order valence-electron chi connectivity index (χ0n) is 13.7. The number of aromatic nitrogens is 3. The third-order valence-corrected chi connectivity index (χ3v) is 4.39.